The lowest BCUT2D eigenvalue weighted by Gasteiger charge is -2.42. The highest BCUT2D eigenvalue weighted by Crippen LogP contribution is 2.56. The molecule has 4 heterocycles. The first-order chi connectivity index (χ1) is 31.3. The van der Waals surface area contributed by atoms with Gasteiger partial charge in [0, 0.05) is 36.5 Å². The predicted molar refractivity (Wildman–Crippen MR) is 254 cm³/mol. The SMILES string of the molecule is CC(C)C(NC(=O)OC(C)(C)C)C(=O)N1CCCC1c1ncc(-c2ccc(C3CCC(c4cnc(C5CCCN5C(=O)C(NC(=O)OC(C)(C)C)C(C)C)[nH]4)CC3)c3c2C2CCC3CC2)[nH]1. The Morgan fingerprint density at radius 3 is 1.56 bits per heavy atom. The van der Waals surface area contributed by atoms with E-state index in [1.807, 2.05) is 91.4 Å². The fourth-order valence-corrected chi connectivity index (χ4v) is 11.8. The second kappa shape index (κ2) is 19.0. The second-order valence-electron chi connectivity index (χ2n) is 22.6. The van der Waals surface area contributed by atoms with Gasteiger partial charge in [-0.3, -0.25) is 9.59 Å². The van der Waals surface area contributed by atoms with E-state index in [1.165, 1.54) is 42.4 Å². The molecule has 0 spiro atoms. The number of likely N-dealkylation sites (tertiary alicyclic amines) is 2. The Hall–Kier alpha value is -4.88. The molecule has 9 rings (SSSR count). The van der Waals surface area contributed by atoms with Gasteiger partial charge in [-0.25, -0.2) is 19.6 Å². The van der Waals surface area contributed by atoms with E-state index < -0.39 is 35.5 Å². The molecule has 3 aromatic rings. The molecule has 4 fully saturated rings. The summed E-state index contributed by atoms with van der Waals surface area (Å²) in [7, 11) is 0. The molecule has 6 aliphatic rings. The van der Waals surface area contributed by atoms with E-state index in [0.717, 1.165) is 74.4 Å². The van der Waals surface area contributed by atoms with Crippen LogP contribution in [0.25, 0.3) is 11.3 Å². The van der Waals surface area contributed by atoms with Gasteiger partial charge >= 0.3 is 12.2 Å². The molecule has 4 atom stereocenters. The van der Waals surface area contributed by atoms with Gasteiger partial charge in [-0.2, -0.15) is 0 Å². The standard InChI is InChI=1S/C52H76N8O6/c1-29(2)43(57-49(63)65-51(5,6)7)47(61)59-25-11-13-39(59)45-53-27-37(55-45)32-17-15-31(16-18-32)35-23-24-36(42-34-21-19-33(20-22-34)41(35)42)38-28-54-46(56-38)40-14-12-26-60(40)48(62)44(30(3)4)58-50(64)66-52(8,9)10/h23-24,27-34,39-40,43-44H,11-22,25-26H2,1-10H3,(H,53,55)(H,54,56)(H,57,63)(H,58,64). The normalized spacial score (nSPS) is 25.2. The van der Waals surface area contributed by atoms with E-state index in [-0.39, 0.29) is 35.7 Å². The van der Waals surface area contributed by atoms with Gasteiger partial charge in [0.2, 0.25) is 11.8 Å². The Labute approximate surface area is 391 Å². The summed E-state index contributed by atoms with van der Waals surface area (Å²) < 4.78 is 11.0. The highest BCUT2D eigenvalue weighted by molar-refractivity contribution is 5.87. The molecule has 4 amide bonds. The summed E-state index contributed by atoms with van der Waals surface area (Å²) >= 11 is 0. The van der Waals surface area contributed by atoms with Gasteiger partial charge in [-0.05, 0) is 165 Å². The number of nitrogens with one attached hydrogen (secondary N) is 4. The first-order valence-electron chi connectivity index (χ1n) is 25.1. The third-order valence-corrected chi connectivity index (χ3v) is 14.9. The van der Waals surface area contributed by atoms with Crippen LogP contribution < -0.4 is 10.6 Å². The van der Waals surface area contributed by atoms with E-state index in [1.54, 1.807) is 5.56 Å². The lowest BCUT2D eigenvalue weighted by molar-refractivity contribution is -0.136. The Kier molecular flexibility index (Phi) is 13.7. The van der Waals surface area contributed by atoms with E-state index in [9.17, 15) is 19.2 Å². The number of hydrogen-bond donors (Lipinski definition) is 4. The van der Waals surface area contributed by atoms with Crippen LogP contribution in [0.4, 0.5) is 9.59 Å². The number of ether oxygens (including phenoxy) is 2. The van der Waals surface area contributed by atoms with Crippen molar-refractivity contribution in [1.82, 2.24) is 40.4 Å². The van der Waals surface area contributed by atoms with E-state index >= 15 is 0 Å². The minimum atomic E-state index is -0.697. The fourth-order valence-electron chi connectivity index (χ4n) is 11.8. The van der Waals surface area contributed by atoms with Crippen LogP contribution in [0.3, 0.4) is 0 Å². The van der Waals surface area contributed by atoms with Crippen LogP contribution in [-0.2, 0) is 19.1 Å². The number of H-pyrrole nitrogens is 2. The van der Waals surface area contributed by atoms with Crippen molar-refractivity contribution in [3.63, 3.8) is 0 Å². The first-order valence-corrected chi connectivity index (χ1v) is 25.1. The quantitative estimate of drug-likeness (QED) is 0.147. The summed E-state index contributed by atoms with van der Waals surface area (Å²) in [6.45, 7) is 20.0. The number of imidazole rings is 2. The van der Waals surface area contributed by atoms with Crippen molar-refractivity contribution >= 4 is 24.0 Å². The van der Waals surface area contributed by atoms with Crippen molar-refractivity contribution in [2.45, 2.75) is 205 Å². The second-order valence-corrected chi connectivity index (χ2v) is 22.6. The maximum atomic E-state index is 14.1. The lowest BCUT2D eigenvalue weighted by atomic mass is 9.62. The molecule has 4 unspecified atom stereocenters. The maximum Gasteiger partial charge on any atom is 0.408 e. The monoisotopic (exact) mass is 909 g/mol. The smallest absolute Gasteiger partial charge is 0.408 e. The van der Waals surface area contributed by atoms with Gasteiger partial charge in [0.1, 0.15) is 34.9 Å². The summed E-state index contributed by atoms with van der Waals surface area (Å²) in [4.78, 5) is 74.6. The first kappa shape index (κ1) is 47.6. The van der Waals surface area contributed by atoms with E-state index in [0.29, 0.717) is 36.8 Å². The zero-order chi connectivity index (χ0) is 47.2. The topological polar surface area (TPSA) is 175 Å². The van der Waals surface area contributed by atoms with Crippen LogP contribution in [0.5, 0.6) is 0 Å². The van der Waals surface area contributed by atoms with Crippen LogP contribution in [-0.4, -0.2) is 90.1 Å². The van der Waals surface area contributed by atoms with Crippen molar-refractivity contribution in [3.8, 4) is 11.3 Å². The number of carbonyl (C=O) groups is 4. The van der Waals surface area contributed by atoms with Gasteiger partial charge in [0.25, 0.3) is 0 Å². The molecule has 2 aromatic heterocycles. The summed E-state index contributed by atoms with van der Waals surface area (Å²) in [5.74, 6) is 3.23. The number of carbonyl (C=O) groups excluding carboxylic acids is 4. The van der Waals surface area contributed by atoms with E-state index in [4.69, 9.17) is 19.4 Å². The van der Waals surface area contributed by atoms with Gasteiger partial charge in [0.05, 0.1) is 24.0 Å². The Morgan fingerprint density at radius 2 is 1.06 bits per heavy atom. The number of rotatable bonds is 11. The average Bonchev–Trinajstić information content (AvgIpc) is 4.10. The number of alkyl carbamates (subject to hydrolysis) is 2. The molecule has 1 aromatic carbocycles. The van der Waals surface area contributed by atoms with Crippen molar-refractivity contribution in [2.75, 3.05) is 13.1 Å². The average molecular weight is 909 g/mol. The van der Waals surface area contributed by atoms with Crippen molar-refractivity contribution in [1.29, 1.82) is 0 Å². The molecule has 14 nitrogen and oxygen atoms in total. The van der Waals surface area contributed by atoms with Gasteiger partial charge in [-0.15, -0.1) is 0 Å². The molecule has 66 heavy (non-hydrogen) atoms. The molecule has 4 N–H and O–H groups in total. The van der Waals surface area contributed by atoms with E-state index in [2.05, 4.69) is 32.7 Å². The van der Waals surface area contributed by atoms with Crippen molar-refractivity contribution < 1.29 is 28.7 Å². The highest BCUT2D eigenvalue weighted by Gasteiger charge is 2.42. The number of benzene rings is 1. The van der Waals surface area contributed by atoms with Gasteiger partial charge in [-0.1, -0.05) is 39.8 Å². The number of fused-ring (bicyclic) bond motifs is 2. The number of hydrogen-bond acceptors (Lipinski definition) is 8. The van der Waals surface area contributed by atoms with Crippen LogP contribution >= 0.6 is 0 Å². The van der Waals surface area contributed by atoms with Crippen molar-refractivity contribution in [3.05, 3.63) is 58.6 Å². The van der Waals surface area contributed by atoms with Crippen molar-refractivity contribution in [2.24, 2.45) is 11.8 Å². The van der Waals surface area contributed by atoms with Crippen LogP contribution in [0.1, 0.15) is 216 Å². The lowest BCUT2D eigenvalue weighted by Crippen LogP contribution is -2.52. The van der Waals surface area contributed by atoms with Crippen LogP contribution in [0, 0.1) is 11.8 Å². The third-order valence-electron chi connectivity index (χ3n) is 14.9. The minimum absolute atomic E-state index is 0.0916. The third kappa shape index (κ3) is 10.2. The molecule has 2 saturated heterocycles. The Bertz CT molecular complexity index is 2230. The summed E-state index contributed by atoms with van der Waals surface area (Å²) in [5.41, 5.74) is 6.76. The minimum Gasteiger partial charge on any atom is -0.444 e. The van der Waals surface area contributed by atoms with Crippen LogP contribution in [0.2, 0.25) is 0 Å². The molecular weight excluding hydrogens is 833 g/mol. The Balaban J connectivity index is 0.949. The Morgan fingerprint density at radius 1 is 0.606 bits per heavy atom. The number of nitrogens with zero attached hydrogens (tertiary/aromatic N) is 4. The zero-order valence-corrected chi connectivity index (χ0v) is 41.2. The summed E-state index contributed by atoms with van der Waals surface area (Å²) in [5, 5.41) is 5.72. The zero-order valence-electron chi connectivity index (χ0n) is 41.2. The molecule has 14 heteroatoms. The molecule has 360 valence electrons. The number of aromatic amines is 2. The molecule has 4 aliphatic carbocycles. The summed E-state index contributed by atoms with van der Waals surface area (Å²) in [6.07, 6.45) is 15.5. The molecular formula is C52H76N8O6. The van der Waals surface area contributed by atoms with Gasteiger partial charge in [0.15, 0.2) is 0 Å². The molecule has 0 radical (unpaired) electrons. The fraction of sp³-hybridized carbons (Fsp3) is 0.692. The predicted octanol–water partition coefficient (Wildman–Crippen LogP) is 10.4. The van der Waals surface area contributed by atoms with Crippen LogP contribution in [0.15, 0.2) is 24.5 Å². The number of aromatic nitrogens is 4. The molecule has 2 bridgehead atoms. The highest BCUT2D eigenvalue weighted by atomic mass is 16.6. The summed E-state index contributed by atoms with van der Waals surface area (Å²) in [6, 6.07) is 3.04. The number of amides is 4. The van der Waals surface area contributed by atoms with Gasteiger partial charge < -0.3 is 39.9 Å². The maximum absolute atomic E-state index is 14.1. The molecule has 2 saturated carbocycles. The largest absolute Gasteiger partial charge is 0.444 e. The molecule has 2 aliphatic heterocycles.